The van der Waals surface area contributed by atoms with Crippen LogP contribution in [0.5, 0.6) is 0 Å². The summed E-state index contributed by atoms with van der Waals surface area (Å²) in [5.74, 6) is -1.78. The predicted molar refractivity (Wildman–Crippen MR) is 59.2 cm³/mol. The van der Waals surface area contributed by atoms with Crippen LogP contribution in [0.3, 0.4) is 0 Å². The summed E-state index contributed by atoms with van der Waals surface area (Å²) in [7, 11) is 0. The number of rotatable bonds is 6. The van der Waals surface area contributed by atoms with Crippen LogP contribution in [0.2, 0.25) is 0 Å². The van der Waals surface area contributed by atoms with Gasteiger partial charge in [-0.05, 0) is 0 Å². The fourth-order valence-electron chi connectivity index (χ4n) is 0.870. The molecule has 0 radical (unpaired) electrons. The van der Waals surface area contributed by atoms with E-state index < -0.39 is 43.1 Å². The molecule has 5 atom stereocenters. The van der Waals surface area contributed by atoms with Gasteiger partial charge in [-0.15, -0.1) is 12.4 Å². The van der Waals surface area contributed by atoms with Gasteiger partial charge in [0, 0.05) is 17.1 Å². The molecule has 0 saturated carbocycles. The Bertz CT molecular complexity index is 224. The molecule has 0 rings (SSSR count). The molecular formula is C7H16ClFeNaO8. The molecule has 0 aliphatic rings. The molecule has 0 heterocycles. The molecule has 0 aliphatic carbocycles. The van der Waals surface area contributed by atoms with Gasteiger partial charge in [-0.25, -0.2) is 4.79 Å². The van der Waals surface area contributed by atoms with Gasteiger partial charge in [0.05, 0.1) is 6.61 Å². The topological polar surface area (TPSA) is 159 Å². The van der Waals surface area contributed by atoms with E-state index in [4.69, 9.17) is 35.7 Å². The maximum absolute atomic E-state index is 10.2. The van der Waals surface area contributed by atoms with Crippen molar-refractivity contribution < 1.29 is 57.6 Å². The van der Waals surface area contributed by atoms with Crippen molar-refractivity contribution in [3.8, 4) is 0 Å². The molecular weight excluding hydrogens is 326 g/mol. The number of aliphatic carboxylic acids is 1. The van der Waals surface area contributed by atoms with E-state index in [0.29, 0.717) is 0 Å². The van der Waals surface area contributed by atoms with Gasteiger partial charge in [0.2, 0.25) is 0 Å². The van der Waals surface area contributed by atoms with Crippen LogP contribution in [0.25, 0.3) is 0 Å². The van der Waals surface area contributed by atoms with Gasteiger partial charge in [-0.1, -0.05) is 0 Å². The number of carboxylic acids is 1. The Kier molecular flexibility index (Phi) is 19.8. The summed E-state index contributed by atoms with van der Waals surface area (Å²) in [6.45, 7) is -0.881. The molecule has 0 bridgehead atoms. The van der Waals surface area contributed by atoms with E-state index in [1.54, 1.807) is 0 Å². The van der Waals surface area contributed by atoms with Crippen LogP contribution in [0.15, 0.2) is 0 Å². The second-order valence-electron chi connectivity index (χ2n) is 3.00. The quantitative estimate of drug-likeness (QED) is 0.238. The van der Waals surface area contributed by atoms with Gasteiger partial charge < -0.3 is 35.7 Å². The zero-order valence-electron chi connectivity index (χ0n) is 8.39. The molecule has 108 valence electrons. The van der Waals surface area contributed by atoms with Gasteiger partial charge in [-0.2, -0.15) is 0 Å². The molecule has 0 amide bonds. The monoisotopic (exact) mass is 342 g/mol. The predicted octanol–water partition coefficient (Wildman–Crippen LogP) is -4.36. The molecule has 1 unspecified atom stereocenters. The summed E-state index contributed by atoms with van der Waals surface area (Å²) in [4.78, 5) is 10.2. The number of carboxylic acid groups (broad SMARTS) is 1. The zero-order chi connectivity index (χ0) is 12.2. The molecule has 11 heteroatoms. The number of hydrogen-bond donors (Lipinski definition) is 7. The first-order valence-electron chi connectivity index (χ1n) is 4.07. The van der Waals surface area contributed by atoms with Crippen molar-refractivity contribution >= 4 is 47.9 Å². The summed E-state index contributed by atoms with van der Waals surface area (Å²) >= 11 is 0. The average molecular weight is 342 g/mol. The van der Waals surface area contributed by atoms with E-state index in [1.807, 2.05) is 0 Å². The molecule has 0 spiro atoms. The molecule has 0 saturated heterocycles. The summed E-state index contributed by atoms with van der Waals surface area (Å²) in [5, 5.41) is 61.5. The number of hydrogen-bond acceptors (Lipinski definition) is 7. The van der Waals surface area contributed by atoms with Gasteiger partial charge >= 0.3 is 35.5 Å². The fourth-order valence-corrected chi connectivity index (χ4v) is 0.870. The third-order valence-electron chi connectivity index (χ3n) is 1.86. The fraction of sp³-hybridized carbons (Fsp3) is 0.857. The van der Waals surface area contributed by atoms with Crippen LogP contribution < -0.4 is 0 Å². The van der Waals surface area contributed by atoms with Crippen LogP contribution in [0.1, 0.15) is 0 Å². The van der Waals surface area contributed by atoms with Crippen LogP contribution in [0, 0.1) is 0 Å². The molecule has 0 aromatic carbocycles. The van der Waals surface area contributed by atoms with E-state index in [-0.39, 0.29) is 59.0 Å². The van der Waals surface area contributed by atoms with Gasteiger partial charge in [0.1, 0.15) is 24.4 Å². The van der Waals surface area contributed by atoms with Crippen LogP contribution in [0.4, 0.5) is 0 Å². The maximum atomic E-state index is 10.2. The van der Waals surface area contributed by atoms with E-state index in [2.05, 4.69) is 0 Å². The minimum atomic E-state index is -2.29. The first-order chi connectivity index (χ1) is 6.82. The number of aliphatic hydroxyl groups is 6. The first-order valence-corrected chi connectivity index (χ1v) is 4.07. The van der Waals surface area contributed by atoms with Gasteiger partial charge in [-0.3, -0.25) is 0 Å². The number of aliphatic hydroxyl groups excluding tert-OH is 6. The van der Waals surface area contributed by atoms with Crippen molar-refractivity contribution in [1.29, 1.82) is 0 Å². The minimum absolute atomic E-state index is 0. The molecule has 0 aromatic rings. The summed E-state index contributed by atoms with van der Waals surface area (Å²) in [6.07, 6.45) is -10.2. The molecule has 18 heavy (non-hydrogen) atoms. The van der Waals surface area contributed by atoms with Crippen molar-refractivity contribution in [3.05, 3.63) is 0 Å². The normalized spacial score (nSPS) is 17.9. The molecule has 0 fully saturated rings. The zero-order valence-corrected chi connectivity index (χ0v) is 10.3. The van der Waals surface area contributed by atoms with Crippen LogP contribution in [-0.4, -0.2) is 108 Å². The summed E-state index contributed by atoms with van der Waals surface area (Å²) in [6, 6.07) is 0. The summed E-state index contributed by atoms with van der Waals surface area (Å²) in [5.41, 5.74) is 0. The Morgan fingerprint density at radius 1 is 0.944 bits per heavy atom. The second kappa shape index (κ2) is 13.0. The number of carbonyl (C=O) groups is 1. The van der Waals surface area contributed by atoms with Crippen molar-refractivity contribution in [2.45, 2.75) is 30.5 Å². The van der Waals surface area contributed by atoms with Crippen LogP contribution in [-0.2, 0) is 21.9 Å². The molecule has 8 nitrogen and oxygen atoms in total. The Labute approximate surface area is 142 Å². The van der Waals surface area contributed by atoms with Crippen molar-refractivity contribution in [1.82, 2.24) is 0 Å². The standard InChI is InChI=1S/C7H14O8.ClH.Fe.Na.H/c8-1-2(9)3(10)4(11)5(12)6(13)7(14)15;;;;/h2-6,8-13H,1H2,(H,14,15);1H;;;/t2?,3-,4-,5+,6-;;;;/m1..../s1. The Balaban J connectivity index is -0.000000327. The molecule has 7 N–H and O–H groups in total. The van der Waals surface area contributed by atoms with E-state index in [9.17, 15) is 4.79 Å². The Hall–Kier alpha value is 1.04. The number of halogens is 1. The van der Waals surface area contributed by atoms with Crippen molar-refractivity contribution in [3.63, 3.8) is 0 Å². The Morgan fingerprint density at radius 2 is 1.33 bits per heavy atom. The average Bonchev–Trinajstić information content (AvgIpc) is 2.23. The second-order valence-corrected chi connectivity index (χ2v) is 3.00. The van der Waals surface area contributed by atoms with E-state index in [0.717, 1.165) is 0 Å². The van der Waals surface area contributed by atoms with Crippen LogP contribution >= 0.6 is 12.4 Å². The van der Waals surface area contributed by atoms with E-state index in [1.165, 1.54) is 0 Å². The third-order valence-corrected chi connectivity index (χ3v) is 1.86. The van der Waals surface area contributed by atoms with Crippen molar-refractivity contribution in [2.24, 2.45) is 0 Å². The summed E-state index contributed by atoms with van der Waals surface area (Å²) < 4.78 is 0. The SMILES string of the molecule is Cl.O=C(O)[C@H](O)[C@@H](O)[C@H](O)[C@H](O)C(O)CO.[Fe].[NaH]. The third kappa shape index (κ3) is 8.26. The van der Waals surface area contributed by atoms with Gasteiger partial charge in [0.25, 0.3) is 0 Å². The molecule has 0 aromatic heterocycles. The molecule has 0 aliphatic heterocycles. The van der Waals surface area contributed by atoms with Gasteiger partial charge in [0.15, 0.2) is 6.10 Å². The van der Waals surface area contributed by atoms with Crippen molar-refractivity contribution in [2.75, 3.05) is 6.61 Å². The Morgan fingerprint density at radius 3 is 1.61 bits per heavy atom. The first kappa shape index (κ1) is 27.4. The van der Waals surface area contributed by atoms with E-state index >= 15 is 0 Å².